The second-order valence-electron chi connectivity index (χ2n) is 5.30. The lowest BCUT2D eigenvalue weighted by atomic mass is 9.96. The van der Waals surface area contributed by atoms with E-state index in [1.54, 1.807) is 11.8 Å². The molecule has 0 spiro atoms. The maximum absolute atomic E-state index is 12.2. The van der Waals surface area contributed by atoms with Gasteiger partial charge in [0.15, 0.2) is 0 Å². The Hall–Kier alpha value is -1.30. The van der Waals surface area contributed by atoms with E-state index in [9.17, 15) is 14.7 Å². The van der Waals surface area contributed by atoms with Gasteiger partial charge >= 0.3 is 12.0 Å². The fourth-order valence-electron chi connectivity index (χ4n) is 2.22. The SMILES string of the molecule is CCCC(C)(NC(=O)N1CCCOC(C)C1)C(=O)O. The Bertz CT molecular complexity index is 335. The van der Waals surface area contributed by atoms with Gasteiger partial charge in [-0.25, -0.2) is 9.59 Å². The van der Waals surface area contributed by atoms with Crippen LogP contribution >= 0.6 is 0 Å². The maximum Gasteiger partial charge on any atom is 0.329 e. The van der Waals surface area contributed by atoms with E-state index in [0.717, 1.165) is 6.42 Å². The molecule has 0 bridgehead atoms. The normalized spacial score (nSPS) is 23.3. The van der Waals surface area contributed by atoms with E-state index in [-0.39, 0.29) is 12.1 Å². The summed E-state index contributed by atoms with van der Waals surface area (Å²) in [5, 5.41) is 11.9. The Morgan fingerprint density at radius 3 is 2.79 bits per heavy atom. The number of nitrogens with zero attached hydrogens (tertiary/aromatic N) is 1. The smallest absolute Gasteiger partial charge is 0.329 e. The van der Waals surface area contributed by atoms with Crippen molar-refractivity contribution in [1.29, 1.82) is 0 Å². The van der Waals surface area contributed by atoms with Crippen LogP contribution in [-0.4, -0.2) is 53.3 Å². The quantitative estimate of drug-likeness (QED) is 0.812. The fourth-order valence-corrected chi connectivity index (χ4v) is 2.22. The third kappa shape index (κ3) is 4.38. The molecule has 1 rings (SSSR count). The number of carbonyl (C=O) groups excluding carboxylic acids is 1. The van der Waals surface area contributed by atoms with Crippen molar-refractivity contribution in [3.63, 3.8) is 0 Å². The number of nitrogens with one attached hydrogen (secondary N) is 1. The largest absolute Gasteiger partial charge is 0.480 e. The molecular formula is C13H24N2O4. The van der Waals surface area contributed by atoms with Gasteiger partial charge in [-0.15, -0.1) is 0 Å². The van der Waals surface area contributed by atoms with Crippen LogP contribution in [0, 0.1) is 0 Å². The molecule has 1 fully saturated rings. The van der Waals surface area contributed by atoms with Gasteiger partial charge in [-0.2, -0.15) is 0 Å². The van der Waals surface area contributed by atoms with Gasteiger partial charge < -0.3 is 20.1 Å². The third-order valence-electron chi connectivity index (χ3n) is 3.34. The molecule has 0 aliphatic carbocycles. The van der Waals surface area contributed by atoms with Crippen LogP contribution in [0.5, 0.6) is 0 Å². The molecule has 2 N–H and O–H groups in total. The van der Waals surface area contributed by atoms with Gasteiger partial charge in [0.25, 0.3) is 0 Å². The molecule has 0 aromatic carbocycles. The number of hydrogen-bond donors (Lipinski definition) is 2. The molecule has 0 aromatic heterocycles. The molecule has 1 aliphatic rings. The number of hydrogen-bond acceptors (Lipinski definition) is 3. The highest BCUT2D eigenvalue weighted by Gasteiger charge is 2.35. The number of aliphatic carboxylic acids is 1. The summed E-state index contributed by atoms with van der Waals surface area (Å²) in [4.78, 5) is 25.1. The summed E-state index contributed by atoms with van der Waals surface area (Å²) in [6.45, 7) is 7.08. The first kappa shape index (κ1) is 15.8. The zero-order valence-electron chi connectivity index (χ0n) is 11.9. The lowest BCUT2D eigenvalue weighted by Crippen LogP contribution is -2.56. The zero-order valence-corrected chi connectivity index (χ0v) is 11.9. The molecule has 1 heterocycles. The Balaban J connectivity index is 2.68. The van der Waals surface area contributed by atoms with E-state index in [1.807, 2.05) is 13.8 Å². The summed E-state index contributed by atoms with van der Waals surface area (Å²) in [7, 11) is 0. The molecule has 1 saturated heterocycles. The molecule has 0 aromatic rings. The number of carboxylic acid groups (broad SMARTS) is 1. The van der Waals surface area contributed by atoms with Crippen LogP contribution in [0.3, 0.4) is 0 Å². The van der Waals surface area contributed by atoms with Gasteiger partial charge in [-0.3, -0.25) is 0 Å². The summed E-state index contributed by atoms with van der Waals surface area (Å²) in [5.74, 6) is -0.998. The molecule has 6 heteroatoms. The lowest BCUT2D eigenvalue weighted by Gasteiger charge is -2.30. The predicted molar refractivity (Wildman–Crippen MR) is 71.1 cm³/mol. The minimum Gasteiger partial charge on any atom is -0.480 e. The molecule has 2 amide bonds. The first-order valence-corrected chi connectivity index (χ1v) is 6.81. The minimum atomic E-state index is -1.21. The molecular weight excluding hydrogens is 248 g/mol. The van der Waals surface area contributed by atoms with Gasteiger partial charge in [-0.05, 0) is 26.7 Å². The van der Waals surface area contributed by atoms with Crippen LogP contribution in [0.2, 0.25) is 0 Å². The summed E-state index contributed by atoms with van der Waals surface area (Å²) in [5.41, 5.74) is -1.21. The fraction of sp³-hybridized carbons (Fsp3) is 0.846. The van der Waals surface area contributed by atoms with Crippen molar-refractivity contribution in [1.82, 2.24) is 10.2 Å². The van der Waals surface area contributed by atoms with Crippen LogP contribution < -0.4 is 5.32 Å². The lowest BCUT2D eigenvalue weighted by molar-refractivity contribution is -0.144. The second-order valence-corrected chi connectivity index (χ2v) is 5.30. The Morgan fingerprint density at radius 2 is 2.21 bits per heavy atom. The monoisotopic (exact) mass is 272 g/mol. The van der Waals surface area contributed by atoms with Crippen LogP contribution in [0.15, 0.2) is 0 Å². The molecule has 2 unspecified atom stereocenters. The number of ether oxygens (including phenoxy) is 1. The van der Waals surface area contributed by atoms with Gasteiger partial charge in [0.1, 0.15) is 5.54 Å². The van der Waals surface area contributed by atoms with Crippen molar-refractivity contribution in [2.45, 2.75) is 51.7 Å². The highest BCUT2D eigenvalue weighted by molar-refractivity contribution is 5.85. The average Bonchev–Trinajstić information content (AvgIpc) is 2.54. The number of urea groups is 1. The number of carbonyl (C=O) groups is 2. The molecule has 0 saturated carbocycles. The van der Waals surface area contributed by atoms with E-state index in [1.165, 1.54) is 0 Å². The third-order valence-corrected chi connectivity index (χ3v) is 3.34. The van der Waals surface area contributed by atoms with E-state index in [2.05, 4.69) is 5.32 Å². The minimum absolute atomic E-state index is 0.0180. The first-order valence-electron chi connectivity index (χ1n) is 6.81. The number of carboxylic acids is 1. The van der Waals surface area contributed by atoms with Crippen molar-refractivity contribution in [3.05, 3.63) is 0 Å². The van der Waals surface area contributed by atoms with Crippen molar-refractivity contribution in [2.24, 2.45) is 0 Å². The zero-order chi connectivity index (χ0) is 14.5. The number of rotatable bonds is 4. The van der Waals surface area contributed by atoms with Crippen LogP contribution in [0.25, 0.3) is 0 Å². The Labute approximate surface area is 114 Å². The van der Waals surface area contributed by atoms with Crippen LogP contribution in [0.4, 0.5) is 4.79 Å². The van der Waals surface area contributed by atoms with E-state index in [4.69, 9.17) is 4.74 Å². The highest BCUT2D eigenvalue weighted by Crippen LogP contribution is 2.14. The Kier molecular flexibility index (Phi) is 5.60. The van der Waals surface area contributed by atoms with Crippen LogP contribution in [0.1, 0.15) is 40.0 Å². The van der Waals surface area contributed by atoms with Crippen molar-refractivity contribution < 1.29 is 19.4 Å². The molecule has 6 nitrogen and oxygen atoms in total. The molecule has 0 radical (unpaired) electrons. The predicted octanol–water partition coefficient (Wildman–Crippen LogP) is 1.45. The Morgan fingerprint density at radius 1 is 1.53 bits per heavy atom. The molecule has 2 atom stereocenters. The summed E-state index contributed by atoms with van der Waals surface area (Å²) in [6, 6.07) is -0.323. The first-order chi connectivity index (χ1) is 8.89. The molecule has 1 aliphatic heterocycles. The second kappa shape index (κ2) is 6.75. The maximum atomic E-state index is 12.2. The van der Waals surface area contributed by atoms with Crippen molar-refractivity contribution >= 4 is 12.0 Å². The summed E-state index contributed by atoms with van der Waals surface area (Å²) < 4.78 is 5.47. The van der Waals surface area contributed by atoms with Gasteiger partial charge in [0.05, 0.1) is 6.10 Å². The topological polar surface area (TPSA) is 78.9 Å². The van der Waals surface area contributed by atoms with Gasteiger partial charge in [0, 0.05) is 19.7 Å². The average molecular weight is 272 g/mol. The highest BCUT2D eigenvalue weighted by atomic mass is 16.5. The van der Waals surface area contributed by atoms with Crippen LogP contribution in [-0.2, 0) is 9.53 Å². The van der Waals surface area contributed by atoms with E-state index in [0.29, 0.717) is 32.5 Å². The van der Waals surface area contributed by atoms with E-state index < -0.39 is 11.5 Å². The molecule has 19 heavy (non-hydrogen) atoms. The summed E-state index contributed by atoms with van der Waals surface area (Å²) >= 11 is 0. The number of amides is 2. The van der Waals surface area contributed by atoms with Crippen molar-refractivity contribution in [3.8, 4) is 0 Å². The van der Waals surface area contributed by atoms with Gasteiger partial charge in [-0.1, -0.05) is 13.3 Å². The van der Waals surface area contributed by atoms with Crippen molar-refractivity contribution in [2.75, 3.05) is 19.7 Å². The summed E-state index contributed by atoms with van der Waals surface area (Å²) in [6.07, 6.45) is 1.86. The van der Waals surface area contributed by atoms with E-state index >= 15 is 0 Å². The van der Waals surface area contributed by atoms with Gasteiger partial charge in [0.2, 0.25) is 0 Å². The standard InChI is InChI=1S/C13H24N2O4/c1-4-6-13(3,11(16)17)14-12(18)15-7-5-8-19-10(2)9-15/h10H,4-9H2,1-3H3,(H,14,18)(H,16,17). The molecule has 110 valence electrons.